The smallest absolute Gasteiger partial charge is 0.268 e. The minimum atomic E-state index is -0.297. The standard InChI is InChI=1S/C12H13N3O2S/c1-2-8(12-13-6-7-18-12)15-11(17)9-4-3-5-10(16)14-9/h3-8H,2H2,1H3,(H,14,16)(H,15,17). The number of amides is 1. The van der Waals surface area contributed by atoms with Gasteiger partial charge < -0.3 is 10.3 Å². The highest BCUT2D eigenvalue weighted by molar-refractivity contribution is 7.09. The van der Waals surface area contributed by atoms with Crippen molar-refractivity contribution in [3.8, 4) is 0 Å². The molecular formula is C12H13N3O2S. The summed E-state index contributed by atoms with van der Waals surface area (Å²) < 4.78 is 0. The number of aromatic amines is 1. The van der Waals surface area contributed by atoms with Crippen molar-refractivity contribution in [1.29, 1.82) is 0 Å². The quantitative estimate of drug-likeness (QED) is 0.881. The minimum absolute atomic E-state index is 0.124. The number of carbonyl (C=O) groups is 1. The highest BCUT2D eigenvalue weighted by atomic mass is 32.1. The molecule has 0 aromatic carbocycles. The largest absolute Gasteiger partial charge is 0.342 e. The molecule has 0 radical (unpaired) electrons. The lowest BCUT2D eigenvalue weighted by molar-refractivity contribution is 0.0930. The Morgan fingerprint density at radius 1 is 1.56 bits per heavy atom. The number of carbonyl (C=O) groups excluding carboxylic acids is 1. The molecule has 2 aromatic rings. The first kappa shape index (κ1) is 12.5. The average molecular weight is 263 g/mol. The summed E-state index contributed by atoms with van der Waals surface area (Å²) in [6.07, 6.45) is 2.45. The molecule has 0 aliphatic heterocycles. The second-order valence-electron chi connectivity index (χ2n) is 3.73. The van der Waals surface area contributed by atoms with Crippen LogP contribution >= 0.6 is 11.3 Å². The Kier molecular flexibility index (Phi) is 3.88. The van der Waals surface area contributed by atoms with Gasteiger partial charge in [0.1, 0.15) is 10.7 Å². The summed E-state index contributed by atoms with van der Waals surface area (Å²) in [5.41, 5.74) is -0.0255. The van der Waals surface area contributed by atoms with Gasteiger partial charge in [-0.2, -0.15) is 0 Å². The van der Waals surface area contributed by atoms with Crippen molar-refractivity contribution >= 4 is 17.2 Å². The molecule has 0 fully saturated rings. The van der Waals surface area contributed by atoms with Gasteiger partial charge in [0.15, 0.2) is 0 Å². The second kappa shape index (κ2) is 5.59. The molecule has 1 unspecified atom stereocenters. The van der Waals surface area contributed by atoms with Gasteiger partial charge in [-0.1, -0.05) is 13.0 Å². The van der Waals surface area contributed by atoms with Crippen LogP contribution in [0, 0.1) is 0 Å². The number of thiazole rings is 1. The zero-order valence-electron chi connectivity index (χ0n) is 9.84. The van der Waals surface area contributed by atoms with Crippen LogP contribution in [-0.4, -0.2) is 15.9 Å². The Balaban J connectivity index is 2.13. The number of hydrogen-bond acceptors (Lipinski definition) is 4. The van der Waals surface area contributed by atoms with E-state index in [9.17, 15) is 9.59 Å². The number of nitrogens with zero attached hydrogens (tertiary/aromatic N) is 1. The van der Waals surface area contributed by atoms with Crippen molar-refractivity contribution in [1.82, 2.24) is 15.3 Å². The van der Waals surface area contributed by atoms with Gasteiger partial charge in [-0.05, 0) is 12.5 Å². The van der Waals surface area contributed by atoms with Gasteiger partial charge in [0.2, 0.25) is 5.56 Å². The van der Waals surface area contributed by atoms with Gasteiger partial charge in [-0.15, -0.1) is 11.3 Å². The van der Waals surface area contributed by atoms with E-state index in [1.54, 1.807) is 18.3 Å². The van der Waals surface area contributed by atoms with Crippen molar-refractivity contribution in [2.45, 2.75) is 19.4 Å². The molecule has 18 heavy (non-hydrogen) atoms. The molecule has 0 aliphatic carbocycles. The number of H-pyrrole nitrogens is 1. The summed E-state index contributed by atoms with van der Waals surface area (Å²) in [5.74, 6) is -0.297. The molecule has 0 saturated carbocycles. The Bertz CT molecular complexity index is 577. The third-order valence-electron chi connectivity index (χ3n) is 2.48. The van der Waals surface area contributed by atoms with Crippen molar-refractivity contribution in [3.63, 3.8) is 0 Å². The van der Waals surface area contributed by atoms with E-state index in [1.807, 2.05) is 12.3 Å². The zero-order chi connectivity index (χ0) is 13.0. The van der Waals surface area contributed by atoms with E-state index < -0.39 is 0 Å². The summed E-state index contributed by atoms with van der Waals surface area (Å²) in [5, 5.41) is 5.59. The molecule has 6 heteroatoms. The van der Waals surface area contributed by atoms with Crippen LogP contribution in [0.1, 0.15) is 34.9 Å². The second-order valence-corrected chi connectivity index (χ2v) is 4.66. The first-order valence-corrected chi connectivity index (χ1v) is 6.48. The van der Waals surface area contributed by atoms with Crippen LogP contribution in [0.5, 0.6) is 0 Å². The van der Waals surface area contributed by atoms with E-state index in [-0.39, 0.29) is 23.2 Å². The fourth-order valence-electron chi connectivity index (χ4n) is 1.56. The van der Waals surface area contributed by atoms with Gasteiger partial charge in [-0.3, -0.25) is 9.59 Å². The normalized spacial score (nSPS) is 12.1. The van der Waals surface area contributed by atoms with Crippen molar-refractivity contribution in [3.05, 3.63) is 50.8 Å². The summed E-state index contributed by atoms with van der Waals surface area (Å²) >= 11 is 1.50. The number of hydrogen-bond donors (Lipinski definition) is 2. The van der Waals surface area contributed by atoms with Crippen LogP contribution < -0.4 is 10.9 Å². The van der Waals surface area contributed by atoms with Gasteiger partial charge in [-0.25, -0.2) is 4.98 Å². The molecule has 0 bridgehead atoms. The van der Waals surface area contributed by atoms with Gasteiger partial charge in [0, 0.05) is 17.6 Å². The minimum Gasteiger partial charge on any atom is -0.342 e. The molecule has 2 rings (SSSR count). The van der Waals surface area contributed by atoms with Crippen LogP contribution in [0.4, 0.5) is 0 Å². The molecule has 0 saturated heterocycles. The first-order chi connectivity index (χ1) is 8.70. The third kappa shape index (κ3) is 2.84. The summed E-state index contributed by atoms with van der Waals surface area (Å²) in [4.78, 5) is 29.8. The maximum Gasteiger partial charge on any atom is 0.268 e. The summed E-state index contributed by atoms with van der Waals surface area (Å²) in [6, 6.07) is 4.37. The van der Waals surface area contributed by atoms with E-state index in [1.165, 1.54) is 17.4 Å². The maximum absolute atomic E-state index is 12.0. The van der Waals surface area contributed by atoms with Crippen LogP contribution in [0.15, 0.2) is 34.6 Å². The van der Waals surface area contributed by atoms with E-state index in [0.717, 1.165) is 11.4 Å². The molecule has 2 N–H and O–H groups in total. The van der Waals surface area contributed by atoms with E-state index in [0.29, 0.717) is 0 Å². The van der Waals surface area contributed by atoms with E-state index in [2.05, 4.69) is 15.3 Å². The monoisotopic (exact) mass is 263 g/mol. The predicted octanol–water partition coefficient (Wildman–Crippen LogP) is 1.71. The van der Waals surface area contributed by atoms with Crippen molar-refractivity contribution < 1.29 is 4.79 Å². The summed E-state index contributed by atoms with van der Waals surface area (Å²) in [6.45, 7) is 1.97. The van der Waals surface area contributed by atoms with E-state index in [4.69, 9.17) is 0 Å². The third-order valence-corrected chi connectivity index (χ3v) is 3.37. The molecule has 0 aliphatic rings. The van der Waals surface area contributed by atoms with Crippen molar-refractivity contribution in [2.24, 2.45) is 0 Å². The lowest BCUT2D eigenvalue weighted by Gasteiger charge is -2.14. The maximum atomic E-state index is 12.0. The Hall–Kier alpha value is -1.95. The summed E-state index contributed by atoms with van der Waals surface area (Å²) in [7, 11) is 0. The van der Waals surface area contributed by atoms with Crippen molar-refractivity contribution in [2.75, 3.05) is 0 Å². The molecular weight excluding hydrogens is 250 g/mol. The molecule has 1 amide bonds. The fraction of sp³-hybridized carbons (Fsp3) is 0.250. The van der Waals surface area contributed by atoms with Crippen LogP contribution in [0.25, 0.3) is 0 Å². The van der Waals surface area contributed by atoms with Gasteiger partial charge in [0.25, 0.3) is 5.91 Å². The van der Waals surface area contributed by atoms with Gasteiger partial charge >= 0.3 is 0 Å². The SMILES string of the molecule is CCC(NC(=O)c1cccc(=O)[nH]1)c1nccs1. The van der Waals surface area contributed by atoms with Crippen LogP contribution in [0.3, 0.4) is 0 Å². The number of rotatable bonds is 4. The Morgan fingerprint density at radius 3 is 3.00 bits per heavy atom. The number of pyridine rings is 1. The molecule has 0 spiro atoms. The van der Waals surface area contributed by atoms with Crippen LogP contribution in [-0.2, 0) is 0 Å². The Morgan fingerprint density at radius 2 is 2.39 bits per heavy atom. The molecule has 2 aromatic heterocycles. The molecule has 1 atom stereocenters. The molecule has 2 heterocycles. The Labute approximate surface area is 108 Å². The average Bonchev–Trinajstić information content (AvgIpc) is 2.89. The van der Waals surface area contributed by atoms with Crippen LogP contribution in [0.2, 0.25) is 0 Å². The van der Waals surface area contributed by atoms with E-state index >= 15 is 0 Å². The highest BCUT2D eigenvalue weighted by Crippen LogP contribution is 2.18. The highest BCUT2D eigenvalue weighted by Gasteiger charge is 2.16. The number of nitrogens with one attached hydrogen (secondary N) is 2. The lowest BCUT2D eigenvalue weighted by Crippen LogP contribution is -2.29. The molecule has 5 nitrogen and oxygen atoms in total. The fourth-order valence-corrected chi connectivity index (χ4v) is 2.33. The number of aromatic nitrogens is 2. The first-order valence-electron chi connectivity index (χ1n) is 5.60. The topological polar surface area (TPSA) is 74.8 Å². The predicted molar refractivity (Wildman–Crippen MR) is 69.7 cm³/mol. The van der Waals surface area contributed by atoms with Gasteiger partial charge in [0.05, 0.1) is 6.04 Å². The lowest BCUT2D eigenvalue weighted by atomic mass is 10.2. The molecule has 94 valence electrons. The zero-order valence-corrected chi connectivity index (χ0v) is 10.7.